The van der Waals surface area contributed by atoms with Crippen LogP contribution in [0.4, 0.5) is 4.79 Å². The molecule has 0 aromatic carbocycles. The molecule has 182 valence electrons. The van der Waals surface area contributed by atoms with Crippen molar-refractivity contribution in [2.75, 3.05) is 14.2 Å². The molecule has 8 unspecified atom stereocenters. The van der Waals surface area contributed by atoms with Crippen LogP contribution in [-0.4, -0.2) is 41.9 Å². The predicted molar refractivity (Wildman–Crippen MR) is 125 cm³/mol. The second kappa shape index (κ2) is 7.86. The van der Waals surface area contributed by atoms with Crippen molar-refractivity contribution in [3.05, 3.63) is 34.4 Å². The van der Waals surface area contributed by atoms with Crippen LogP contribution in [0.1, 0.15) is 83.1 Å². The summed E-state index contributed by atoms with van der Waals surface area (Å²) in [6.45, 7) is 4.75. The summed E-state index contributed by atoms with van der Waals surface area (Å²) in [6.07, 6.45) is 10.6. The minimum atomic E-state index is -0.676. The summed E-state index contributed by atoms with van der Waals surface area (Å²) in [5.41, 5.74) is 0.0768. The zero-order valence-electron chi connectivity index (χ0n) is 20.5. The first-order valence-electron chi connectivity index (χ1n) is 12.8. The van der Waals surface area contributed by atoms with Gasteiger partial charge in [0.1, 0.15) is 0 Å². The highest BCUT2D eigenvalue weighted by Gasteiger charge is 2.67. The maximum Gasteiger partial charge on any atom is 0.409 e. The van der Waals surface area contributed by atoms with E-state index in [1.54, 1.807) is 11.2 Å². The zero-order chi connectivity index (χ0) is 23.6. The summed E-state index contributed by atoms with van der Waals surface area (Å²) in [4.78, 5) is 25.4. The molecule has 4 fully saturated rings. The van der Waals surface area contributed by atoms with Crippen LogP contribution in [0.2, 0.25) is 0 Å². The maximum atomic E-state index is 12.3. The summed E-state index contributed by atoms with van der Waals surface area (Å²) in [5, 5.41) is 12.3. The quantitative estimate of drug-likeness (QED) is 0.680. The molecular weight excluding hydrogens is 418 g/mol. The van der Waals surface area contributed by atoms with Gasteiger partial charge < -0.3 is 19.2 Å². The van der Waals surface area contributed by atoms with Crippen LogP contribution in [0.3, 0.4) is 0 Å². The van der Waals surface area contributed by atoms with Crippen molar-refractivity contribution in [1.82, 2.24) is 4.90 Å². The molecule has 4 saturated carbocycles. The smallest absolute Gasteiger partial charge is 0.409 e. The number of hydrogen-bond acceptors (Lipinski definition) is 5. The van der Waals surface area contributed by atoms with Crippen LogP contribution in [-0.2, 0) is 4.74 Å². The van der Waals surface area contributed by atoms with E-state index < -0.39 is 5.60 Å². The first kappa shape index (κ1) is 22.9. The zero-order valence-corrected chi connectivity index (χ0v) is 20.5. The molecule has 1 aromatic rings. The molecule has 1 heterocycles. The first-order chi connectivity index (χ1) is 15.6. The van der Waals surface area contributed by atoms with Crippen LogP contribution < -0.4 is 5.63 Å². The molecule has 6 heteroatoms. The number of carbonyl (C=O) groups excluding carboxylic acids is 1. The van der Waals surface area contributed by atoms with E-state index in [1.165, 1.54) is 13.2 Å². The van der Waals surface area contributed by atoms with Gasteiger partial charge in [-0.1, -0.05) is 13.8 Å². The molecular formula is C27H39NO5. The van der Waals surface area contributed by atoms with Crippen molar-refractivity contribution < 1.29 is 19.1 Å². The molecule has 0 radical (unpaired) electrons. The lowest BCUT2D eigenvalue weighted by Gasteiger charge is -2.64. The highest BCUT2D eigenvalue weighted by Crippen LogP contribution is 2.70. The van der Waals surface area contributed by atoms with Crippen LogP contribution in [0.25, 0.3) is 0 Å². The Morgan fingerprint density at radius 1 is 1.09 bits per heavy atom. The molecule has 33 heavy (non-hydrogen) atoms. The summed E-state index contributed by atoms with van der Waals surface area (Å²) < 4.78 is 10.2. The molecule has 4 aliphatic rings. The van der Waals surface area contributed by atoms with Crippen LogP contribution in [0, 0.1) is 28.6 Å². The van der Waals surface area contributed by atoms with Crippen LogP contribution in [0.15, 0.2) is 27.6 Å². The topological polar surface area (TPSA) is 80.0 Å². The molecule has 4 aliphatic carbocycles. The summed E-state index contributed by atoms with van der Waals surface area (Å²) in [6, 6.07) is 3.65. The fourth-order valence-corrected chi connectivity index (χ4v) is 8.95. The van der Waals surface area contributed by atoms with E-state index in [0.717, 1.165) is 63.4 Å². The second-order valence-corrected chi connectivity index (χ2v) is 11.9. The van der Waals surface area contributed by atoms with Gasteiger partial charge in [-0.05, 0) is 98.5 Å². The van der Waals surface area contributed by atoms with Gasteiger partial charge >= 0.3 is 11.7 Å². The summed E-state index contributed by atoms with van der Waals surface area (Å²) >= 11 is 0. The van der Waals surface area contributed by atoms with Crippen molar-refractivity contribution in [3.8, 4) is 0 Å². The highest BCUT2D eigenvalue weighted by molar-refractivity contribution is 5.67. The number of ether oxygens (including phenoxy) is 1. The minimum absolute atomic E-state index is 0.195. The lowest BCUT2D eigenvalue weighted by atomic mass is 9.43. The van der Waals surface area contributed by atoms with Gasteiger partial charge in [0.15, 0.2) is 0 Å². The van der Waals surface area contributed by atoms with Gasteiger partial charge in [-0.3, -0.25) is 0 Å². The average molecular weight is 458 g/mol. The van der Waals surface area contributed by atoms with E-state index in [4.69, 9.17) is 9.15 Å². The van der Waals surface area contributed by atoms with Gasteiger partial charge in [-0.25, -0.2) is 9.59 Å². The Morgan fingerprint density at radius 2 is 1.88 bits per heavy atom. The van der Waals surface area contributed by atoms with E-state index in [0.29, 0.717) is 17.8 Å². The van der Waals surface area contributed by atoms with E-state index in [2.05, 4.69) is 13.8 Å². The third-order valence-corrected chi connectivity index (χ3v) is 11.0. The van der Waals surface area contributed by atoms with E-state index in [9.17, 15) is 14.7 Å². The van der Waals surface area contributed by atoms with E-state index >= 15 is 0 Å². The van der Waals surface area contributed by atoms with Gasteiger partial charge in [0.05, 0.1) is 19.0 Å². The van der Waals surface area contributed by atoms with Crippen LogP contribution >= 0.6 is 0 Å². The van der Waals surface area contributed by atoms with Crippen molar-refractivity contribution in [2.45, 2.75) is 89.2 Å². The maximum absolute atomic E-state index is 12.3. The number of hydrogen-bond donors (Lipinski definition) is 1. The van der Waals surface area contributed by atoms with E-state index in [1.807, 2.05) is 13.1 Å². The molecule has 0 saturated heterocycles. The minimum Gasteiger partial charge on any atom is -0.453 e. The SMILES string of the molecule is COC(=O)N(C)C1CCC2(C)C(CCC3C2CCC2(C)C(c4ccc(=O)oc4)CCC32O)C1. The molecule has 8 atom stereocenters. The monoisotopic (exact) mass is 457 g/mol. The van der Waals surface area contributed by atoms with Gasteiger partial charge in [-0.15, -0.1) is 0 Å². The standard InChI is InChI=1S/C27H39NO5/c1-25-12-9-19(28(3)24(30)32-4)15-18(25)6-7-22-21(25)10-13-26(2)20(11-14-27(22,26)31)17-5-8-23(29)33-16-17/h5,8,16,18-22,31H,6-7,9-15H2,1-4H3. The van der Waals surface area contributed by atoms with E-state index in [-0.39, 0.29) is 34.5 Å². The Bertz CT molecular complexity index is 955. The number of rotatable bonds is 2. The number of carbonyl (C=O) groups is 1. The fraction of sp³-hybridized carbons (Fsp3) is 0.778. The number of aliphatic hydroxyl groups is 1. The number of nitrogens with zero attached hydrogens (tertiary/aromatic N) is 1. The van der Waals surface area contributed by atoms with Crippen molar-refractivity contribution in [1.29, 1.82) is 0 Å². The number of fused-ring (bicyclic) bond motifs is 5. The average Bonchev–Trinajstić information content (AvgIpc) is 3.09. The number of methoxy groups -OCH3 is 1. The summed E-state index contributed by atoms with van der Waals surface area (Å²) in [7, 11) is 3.32. The van der Waals surface area contributed by atoms with Crippen molar-refractivity contribution >= 4 is 6.09 Å². The Hall–Kier alpha value is -1.82. The molecule has 5 rings (SSSR count). The predicted octanol–water partition coefficient (Wildman–Crippen LogP) is 4.95. The molecule has 1 aromatic heterocycles. The summed E-state index contributed by atoms with van der Waals surface area (Å²) in [5.74, 6) is 1.64. The third kappa shape index (κ3) is 3.23. The van der Waals surface area contributed by atoms with Crippen LogP contribution in [0.5, 0.6) is 0 Å². The Balaban J connectivity index is 1.39. The molecule has 1 N–H and O–H groups in total. The Kier molecular flexibility index (Phi) is 5.47. The molecule has 0 aliphatic heterocycles. The number of amides is 1. The van der Waals surface area contributed by atoms with Crippen molar-refractivity contribution in [3.63, 3.8) is 0 Å². The first-order valence-corrected chi connectivity index (χ1v) is 12.8. The lowest BCUT2D eigenvalue weighted by molar-refractivity contribution is -0.203. The molecule has 6 nitrogen and oxygen atoms in total. The normalized spacial score (nSPS) is 44.3. The highest BCUT2D eigenvalue weighted by atomic mass is 16.5. The van der Waals surface area contributed by atoms with Gasteiger partial charge in [-0.2, -0.15) is 0 Å². The molecule has 0 spiro atoms. The molecule has 1 amide bonds. The van der Waals surface area contributed by atoms with Gasteiger partial charge in [0, 0.05) is 24.6 Å². The third-order valence-electron chi connectivity index (χ3n) is 11.0. The second-order valence-electron chi connectivity index (χ2n) is 11.9. The van der Waals surface area contributed by atoms with Crippen molar-refractivity contribution in [2.24, 2.45) is 28.6 Å². The molecule has 0 bridgehead atoms. The lowest BCUT2D eigenvalue weighted by Crippen LogP contribution is -2.62. The van der Waals surface area contributed by atoms with Gasteiger partial charge in [0.2, 0.25) is 0 Å². The van der Waals surface area contributed by atoms with Gasteiger partial charge in [0.25, 0.3) is 0 Å². The Labute approximate surface area is 196 Å². The largest absolute Gasteiger partial charge is 0.453 e. The Morgan fingerprint density at radius 3 is 2.58 bits per heavy atom. The fourth-order valence-electron chi connectivity index (χ4n) is 8.95.